The molecule has 0 radical (unpaired) electrons. The number of nitrogens with zero attached hydrogens (tertiary/aromatic N) is 3. The maximum Gasteiger partial charge on any atom is 0.243 e. The lowest BCUT2D eigenvalue weighted by Crippen LogP contribution is -2.13. The number of nitrogens with one attached hydrogen (secondary N) is 1. The fourth-order valence-corrected chi connectivity index (χ4v) is 2.20. The maximum absolute atomic E-state index is 11.5. The second-order valence-electron chi connectivity index (χ2n) is 4.90. The molecule has 0 atom stereocenters. The van der Waals surface area contributed by atoms with Crippen LogP contribution in [0.15, 0.2) is 67.1 Å². The Morgan fingerprint density at radius 3 is 2.70 bits per heavy atom. The average molecular weight is 304 g/mol. The Balaban J connectivity index is 2.07. The van der Waals surface area contributed by atoms with Crippen molar-refractivity contribution in [3.05, 3.63) is 72.7 Å². The van der Waals surface area contributed by atoms with E-state index < -0.39 is 0 Å². The van der Waals surface area contributed by atoms with Crippen molar-refractivity contribution < 1.29 is 4.79 Å². The van der Waals surface area contributed by atoms with Crippen LogP contribution in [0.5, 0.6) is 0 Å². The lowest BCUT2D eigenvalue weighted by atomic mass is 10.1. The van der Waals surface area contributed by atoms with Crippen molar-refractivity contribution in [2.45, 2.75) is 0 Å². The Kier molecular flexibility index (Phi) is 4.29. The predicted molar refractivity (Wildman–Crippen MR) is 89.9 cm³/mol. The highest BCUT2D eigenvalue weighted by Gasteiger charge is 2.10. The van der Waals surface area contributed by atoms with E-state index in [1.165, 1.54) is 6.08 Å². The summed E-state index contributed by atoms with van der Waals surface area (Å²) in [5, 5.41) is 7.22. The number of pyridine rings is 1. The number of para-hydroxylation sites is 1. The fraction of sp³-hybridized carbons (Fsp3) is 0.0556. The molecular weight excluding hydrogens is 288 g/mol. The first-order valence-electron chi connectivity index (χ1n) is 7.23. The van der Waals surface area contributed by atoms with E-state index in [1.807, 2.05) is 48.7 Å². The van der Waals surface area contributed by atoms with Gasteiger partial charge in [0, 0.05) is 42.8 Å². The molecule has 0 fully saturated rings. The van der Waals surface area contributed by atoms with E-state index in [4.69, 9.17) is 0 Å². The third-order valence-electron chi connectivity index (χ3n) is 3.36. The van der Waals surface area contributed by atoms with E-state index in [9.17, 15) is 4.79 Å². The van der Waals surface area contributed by atoms with Crippen LogP contribution < -0.4 is 5.32 Å². The van der Waals surface area contributed by atoms with Gasteiger partial charge in [-0.3, -0.25) is 9.78 Å². The molecule has 1 N–H and O–H groups in total. The molecule has 2 heterocycles. The summed E-state index contributed by atoms with van der Waals surface area (Å²) < 4.78 is 1.80. The van der Waals surface area contributed by atoms with Gasteiger partial charge in [-0.15, -0.1) is 0 Å². The van der Waals surface area contributed by atoms with Crippen LogP contribution in [0.1, 0.15) is 5.56 Å². The van der Waals surface area contributed by atoms with Crippen LogP contribution in [-0.4, -0.2) is 27.7 Å². The number of hydrogen-bond donors (Lipinski definition) is 1. The number of carbonyl (C=O) groups excluding carboxylic acids is 1. The van der Waals surface area contributed by atoms with E-state index in [1.54, 1.807) is 30.2 Å². The highest BCUT2D eigenvalue weighted by Crippen LogP contribution is 2.24. The normalized spacial score (nSPS) is 10.8. The van der Waals surface area contributed by atoms with E-state index in [2.05, 4.69) is 15.4 Å². The zero-order valence-electron chi connectivity index (χ0n) is 12.7. The summed E-state index contributed by atoms with van der Waals surface area (Å²) in [7, 11) is 1.60. The smallest absolute Gasteiger partial charge is 0.243 e. The van der Waals surface area contributed by atoms with Crippen LogP contribution >= 0.6 is 0 Å². The molecule has 114 valence electrons. The SMILES string of the molecule is CNC(=O)/C=C/c1cn(-c2ccccc2)nc1-c1cccnc1. The van der Waals surface area contributed by atoms with E-state index in [0.29, 0.717) is 0 Å². The molecule has 3 aromatic rings. The molecule has 5 nitrogen and oxygen atoms in total. The Bertz CT molecular complexity index is 823. The monoisotopic (exact) mass is 304 g/mol. The Morgan fingerprint density at radius 1 is 1.17 bits per heavy atom. The summed E-state index contributed by atoms with van der Waals surface area (Å²) in [5.74, 6) is -0.158. The van der Waals surface area contributed by atoms with Gasteiger partial charge < -0.3 is 5.32 Å². The van der Waals surface area contributed by atoms with Gasteiger partial charge in [-0.2, -0.15) is 5.10 Å². The molecule has 3 rings (SSSR count). The summed E-state index contributed by atoms with van der Waals surface area (Å²) in [5.41, 5.74) is 3.49. The van der Waals surface area contributed by atoms with Gasteiger partial charge in [0.05, 0.1) is 5.69 Å². The molecule has 1 amide bonds. The Labute approximate surface area is 134 Å². The molecule has 5 heteroatoms. The molecule has 0 unspecified atom stereocenters. The lowest BCUT2D eigenvalue weighted by molar-refractivity contribution is -0.115. The predicted octanol–water partition coefficient (Wildman–Crippen LogP) is 2.69. The number of carbonyl (C=O) groups is 1. The number of rotatable bonds is 4. The molecule has 23 heavy (non-hydrogen) atoms. The summed E-state index contributed by atoms with van der Waals surface area (Å²) in [6.07, 6.45) is 8.63. The van der Waals surface area contributed by atoms with Crippen molar-refractivity contribution in [2.24, 2.45) is 0 Å². The molecule has 0 bridgehead atoms. The molecule has 0 aliphatic carbocycles. The minimum atomic E-state index is -0.158. The van der Waals surface area contributed by atoms with Crippen molar-refractivity contribution in [1.82, 2.24) is 20.1 Å². The number of likely N-dealkylation sites (N-methyl/N-ethyl adjacent to an activating group) is 1. The van der Waals surface area contributed by atoms with Gasteiger partial charge >= 0.3 is 0 Å². The summed E-state index contributed by atoms with van der Waals surface area (Å²) in [6, 6.07) is 13.6. The zero-order chi connectivity index (χ0) is 16.1. The number of hydrogen-bond acceptors (Lipinski definition) is 3. The first kappa shape index (κ1) is 14.7. The van der Waals surface area contributed by atoms with Crippen LogP contribution in [0, 0.1) is 0 Å². The minimum Gasteiger partial charge on any atom is -0.356 e. The third-order valence-corrected chi connectivity index (χ3v) is 3.36. The second kappa shape index (κ2) is 6.70. The van der Waals surface area contributed by atoms with Gasteiger partial charge in [-0.05, 0) is 30.3 Å². The lowest BCUT2D eigenvalue weighted by Gasteiger charge is -1.99. The highest BCUT2D eigenvalue weighted by atomic mass is 16.1. The molecule has 0 spiro atoms. The zero-order valence-corrected chi connectivity index (χ0v) is 12.7. The van der Waals surface area contributed by atoms with Gasteiger partial charge in [-0.25, -0.2) is 4.68 Å². The van der Waals surface area contributed by atoms with Crippen LogP contribution in [-0.2, 0) is 4.79 Å². The average Bonchev–Trinajstić information content (AvgIpc) is 3.05. The highest BCUT2D eigenvalue weighted by molar-refractivity contribution is 5.92. The second-order valence-corrected chi connectivity index (χ2v) is 4.90. The van der Waals surface area contributed by atoms with Gasteiger partial charge in [0.1, 0.15) is 5.69 Å². The number of aromatic nitrogens is 3. The topological polar surface area (TPSA) is 59.8 Å². The summed E-state index contributed by atoms with van der Waals surface area (Å²) in [4.78, 5) is 15.6. The number of amides is 1. The largest absolute Gasteiger partial charge is 0.356 e. The summed E-state index contributed by atoms with van der Waals surface area (Å²) >= 11 is 0. The van der Waals surface area contributed by atoms with Crippen molar-refractivity contribution >= 4 is 12.0 Å². The molecule has 1 aromatic carbocycles. The molecular formula is C18H16N4O. The fourth-order valence-electron chi connectivity index (χ4n) is 2.20. The number of benzene rings is 1. The van der Waals surface area contributed by atoms with Crippen LogP contribution in [0.2, 0.25) is 0 Å². The van der Waals surface area contributed by atoms with Gasteiger partial charge in [0.25, 0.3) is 0 Å². The molecule has 0 saturated heterocycles. The van der Waals surface area contributed by atoms with Gasteiger partial charge in [0.15, 0.2) is 0 Å². The summed E-state index contributed by atoms with van der Waals surface area (Å²) in [6.45, 7) is 0. The van der Waals surface area contributed by atoms with E-state index in [0.717, 1.165) is 22.5 Å². The van der Waals surface area contributed by atoms with Crippen molar-refractivity contribution in [3.63, 3.8) is 0 Å². The quantitative estimate of drug-likeness (QED) is 0.754. The first-order valence-corrected chi connectivity index (χ1v) is 7.23. The molecule has 0 aliphatic heterocycles. The third kappa shape index (κ3) is 3.35. The molecule has 0 saturated carbocycles. The van der Waals surface area contributed by atoms with Gasteiger partial charge in [0.2, 0.25) is 5.91 Å². The van der Waals surface area contributed by atoms with Crippen molar-refractivity contribution in [1.29, 1.82) is 0 Å². The van der Waals surface area contributed by atoms with Crippen LogP contribution in [0.25, 0.3) is 23.0 Å². The standard InChI is InChI=1S/C18H16N4O/c1-19-17(23)10-9-15-13-22(16-7-3-2-4-8-16)21-18(15)14-6-5-11-20-12-14/h2-13H,1H3,(H,19,23)/b10-9+. The van der Waals surface area contributed by atoms with Gasteiger partial charge in [-0.1, -0.05) is 18.2 Å². The Hall–Kier alpha value is -3.21. The minimum absolute atomic E-state index is 0.158. The van der Waals surface area contributed by atoms with E-state index >= 15 is 0 Å². The Morgan fingerprint density at radius 2 is 2.00 bits per heavy atom. The van der Waals surface area contributed by atoms with Crippen LogP contribution in [0.3, 0.4) is 0 Å². The van der Waals surface area contributed by atoms with Crippen molar-refractivity contribution in [3.8, 4) is 16.9 Å². The van der Waals surface area contributed by atoms with Crippen molar-refractivity contribution in [2.75, 3.05) is 7.05 Å². The maximum atomic E-state index is 11.5. The van der Waals surface area contributed by atoms with Crippen LogP contribution in [0.4, 0.5) is 0 Å². The van der Waals surface area contributed by atoms with E-state index in [-0.39, 0.29) is 5.91 Å². The molecule has 0 aliphatic rings. The first-order chi connectivity index (χ1) is 11.3. The molecule has 2 aromatic heterocycles.